The first-order valence-electron chi connectivity index (χ1n) is 9.58. The van der Waals surface area contributed by atoms with E-state index in [1.165, 1.54) is 55.8 Å². The fourth-order valence-corrected chi connectivity index (χ4v) is 3.23. The number of carbonyl (C=O) groups is 1. The van der Waals surface area contributed by atoms with Crippen LogP contribution in [-0.4, -0.2) is 42.0 Å². The van der Waals surface area contributed by atoms with Crippen molar-refractivity contribution in [3.63, 3.8) is 0 Å². The number of carbonyl (C=O) groups excluding carboxylic acids is 1. The fraction of sp³-hybridized carbons (Fsp3) is 0.381. The molecule has 3 rings (SSSR count). The number of hydrogen-bond acceptors (Lipinski definition) is 5. The van der Waals surface area contributed by atoms with Crippen LogP contribution in [0, 0.1) is 10.1 Å². The van der Waals surface area contributed by atoms with Crippen molar-refractivity contribution >= 4 is 11.6 Å². The van der Waals surface area contributed by atoms with Gasteiger partial charge < -0.3 is 10.1 Å². The summed E-state index contributed by atoms with van der Waals surface area (Å²) < 4.78 is 5.80. The maximum absolute atomic E-state index is 12.0. The number of nitro groups is 1. The van der Waals surface area contributed by atoms with E-state index in [1.54, 1.807) is 0 Å². The molecular weight excluding hydrogens is 358 g/mol. The van der Waals surface area contributed by atoms with Gasteiger partial charge in [0.15, 0.2) is 0 Å². The molecule has 0 radical (unpaired) electrons. The number of nitrogens with zero attached hydrogens (tertiary/aromatic N) is 2. The molecule has 0 atom stereocenters. The lowest BCUT2D eigenvalue weighted by Crippen LogP contribution is -2.25. The number of benzene rings is 2. The average molecular weight is 383 g/mol. The van der Waals surface area contributed by atoms with Crippen molar-refractivity contribution in [2.24, 2.45) is 0 Å². The fourth-order valence-electron chi connectivity index (χ4n) is 3.23. The molecule has 0 unspecified atom stereocenters. The van der Waals surface area contributed by atoms with Crippen LogP contribution in [0.4, 0.5) is 5.69 Å². The van der Waals surface area contributed by atoms with Crippen molar-refractivity contribution in [3.05, 3.63) is 69.8 Å². The summed E-state index contributed by atoms with van der Waals surface area (Å²) in [5.41, 5.74) is 1.63. The van der Waals surface area contributed by atoms with Gasteiger partial charge in [-0.1, -0.05) is 12.1 Å². The Labute approximate surface area is 164 Å². The van der Waals surface area contributed by atoms with Crippen molar-refractivity contribution in [3.8, 4) is 5.75 Å². The molecule has 1 heterocycles. The Morgan fingerprint density at radius 1 is 1.14 bits per heavy atom. The predicted molar refractivity (Wildman–Crippen MR) is 106 cm³/mol. The van der Waals surface area contributed by atoms with Gasteiger partial charge in [0, 0.05) is 30.8 Å². The monoisotopic (exact) mass is 383 g/mol. The number of nitrogens with one attached hydrogen (secondary N) is 1. The third kappa shape index (κ3) is 5.79. The van der Waals surface area contributed by atoms with E-state index >= 15 is 0 Å². The lowest BCUT2D eigenvalue weighted by atomic mass is 10.2. The summed E-state index contributed by atoms with van der Waals surface area (Å²) in [6, 6.07) is 13.7. The lowest BCUT2D eigenvalue weighted by molar-refractivity contribution is -0.384. The van der Waals surface area contributed by atoms with Crippen LogP contribution < -0.4 is 10.1 Å². The van der Waals surface area contributed by atoms with E-state index in [1.807, 2.05) is 12.1 Å². The van der Waals surface area contributed by atoms with E-state index in [0.717, 1.165) is 12.3 Å². The number of likely N-dealkylation sites (tertiary alicyclic amines) is 1. The van der Waals surface area contributed by atoms with Crippen LogP contribution in [0.2, 0.25) is 0 Å². The second kappa shape index (κ2) is 9.85. The van der Waals surface area contributed by atoms with E-state index in [4.69, 9.17) is 4.74 Å². The quantitative estimate of drug-likeness (QED) is 0.408. The van der Waals surface area contributed by atoms with Crippen LogP contribution in [0.1, 0.15) is 35.2 Å². The van der Waals surface area contributed by atoms with E-state index in [-0.39, 0.29) is 11.6 Å². The molecule has 1 fully saturated rings. The highest BCUT2D eigenvalue weighted by Crippen LogP contribution is 2.17. The van der Waals surface area contributed by atoms with Gasteiger partial charge in [0.25, 0.3) is 11.6 Å². The van der Waals surface area contributed by atoms with Crippen molar-refractivity contribution in [2.45, 2.75) is 25.8 Å². The molecule has 7 nitrogen and oxygen atoms in total. The van der Waals surface area contributed by atoms with Gasteiger partial charge in [-0.2, -0.15) is 0 Å². The highest BCUT2D eigenvalue weighted by molar-refractivity contribution is 5.94. The molecule has 1 aliphatic rings. The maximum Gasteiger partial charge on any atom is 0.269 e. The Morgan fingerprint density at radius 2 is 1.89 bits per heavy atom. The summed E-state index contributed by atoms with van der Waals surface area (Å²) in [6.07, 6.45) is 3.23. The molecule has 1 aliphatic heterocycles. The molecular formula is C21H25N3O4. The summed E-state index contributed by atoms with van der Waals surface area (Å²) >= 11 is 0. The smallest absolute Gasteiger partial charge is 0.269 e. The number of amides is 1. The minimum atomic E-state index is -0.487. The molecule has 0 aliphatic carbocycles. The summed E-state index contributed by atoms with van der Waals surface area (Å²) in [5, 5.41) is 13.4. The third-order valence-corrected chi connectivity index (χ3v) is 4.72. The van der Waals surface area contributed by atoms with E-state index in [0.29, 0.717) is 25.1 Å². The van der Waals surface area contributed by atoms with Crippen LogP contribution in [0.5, 0.6) is 5.75 Å². The largest absolute Gasteiger partial charge is 0.494 e. The Hall–Kier alpha value is -2.93. The van der Waals surface area contributed by atoms with Gasteiger partial charge in [0.05, 0.1) is 11.5 Å². The molecule has 0 spiro atoms. The van der Waals surface area contributed by atoms with Gasteiger partial charge in [0.2, 0.25) is 0 Å². The summed E-state index contributed by atoms with van der Waals surface area (Å²) in [6.45, 7) is 4.28. The second-order valence-electron chi connectivity index (χ2n) is 6.89. The van der Waals surface area contributed by atoms with Gasteiger partial charge in [0.1, 0.15) is 5.75 Å². The first-order chi connectivity index (χ1) is 13.6. The first-order valence-corrected chi connectivity index (χ1v) is 9.58. The third-order valence-electron chi connectivity index (χ3n) is 4.72. The van der Waals surface area contributed by atoms with Crippen LogP contribution in [0.25, 0.3) is 0 Å². The Balaban J connectivity index is 1.37. The van der Waals surface area contributed by atoms with Crippen molar-refractivity contribution < 1.29 is 14.5 Å². The Morgan fingerprint density at radius 3 is 2.61 bits per heavy atom. The summed E-state index contributed by atoms with van der Waals surface area (Å²) in [5.74, 6) is 0.598. The minimum absolute atomic E-state index is 0.0306. The van der Waals surface area contributed by atoms with Crippen LogP contribution in [-0.2, 0) is 6.54 Å². The Bertz CT molecular complexity index is 802. The standard InChI is InChI=1S/C21H25N3O4/c25-21(18-7-9-19(10-8-18)24(26)27)22-11-4-14-28-20-6-3-5-17(15-20)16-23-12-1-2-13-23/h3,5-10,15H,1-2,4,11-14,16H2,(H,22,25). The molecule has 28 heavy (non-hydrogen) atoms. The van der Waals surface area contributed by atoms with Crippen LogP contribution in [0.15, 0.2) is 48.5 Å². The molecule has 1 saturated heterocycles. The normalized spacial score (nSPS) is 14.0. The average Bonchev–Trinajstić information content (AvgIpc) is 3.21. The van der Waals surface area contributed by atoms with Gasteiger partial charge in [-0.15, -0.1) is 0 Å². The topological polar surface area (TPSA) is 84.7 Å². The first kappa shape index (κ1) is 19.8. The van der Waals surface area contributed by atoms with Gasteiger partial charge in [-0.05, 0) is 62.2 Å². The predicted octanol–water partition coefficient (Wildman–Crippen LogP) is 3.39. The SMILES string of the molecule is O=C(NCCCOc1cccc(CN2CCCC2)c1)c1ccc([N+](=O)[O-])cc1. The van der Waals surface area contributed by atoms with Crippen LogP contribution >= 0.6 is 0 Å². The Kier molecular flexibility index (Phi) is 6.97. The number of rotatable bonds is 9. The van der Waals surface area contributed by atoms with Crippen molar-refractivity contribution in [1.29, 1.82) is 0 Å². The maximum atomic E-state index is 12.0. The summed E-state index contributed by atoms with van der Waals surface area (Å²) in [7, 11) is 0. The van der Waals surface area contributed by atoms with Crippen LogP contribution in [0.3, 0.4) is 0 Å². The zero-order valence-corrected chi connectivity index (χ0v) is 15.8. The zero-order valence-electron chi connectivity index (χ0n) is 15.8. The van der Waals surface area contributed by atoms with E-state index < -0.39 is 4.92 Å². The molecule has 1 amide bonds. The van der Waals surface area contributed by atoms with Gasteiger partial charge in [-0.25, -0.2) is 0 Å². The van der Waals surface area contributed by atoms with Gasteiger partial charge >= 0.3 is 0 Å². The number of ether oxygens (including phenoxy) is 1. The summed E-state index contributed by atoms with van der Waals surface area (Å²) in [4.78, 5) is 24.6. The van der Waals surface area contributed by atoms with Crippen molar-refractivity contribution in [1.82, 2.24) is 10.2 Å². The second-order valence-corrected chi connectivity index (χ2v) is 6.89. The molecule has 2 aromatic carbocycles. The molecule has 2 aromatic rings. The number of non-ortho nitro benzene ring substituents is 1. The van der Waals surface area contributed by atoms with E-state index in [2.05, 4.69) is 22.3 Å². The minimum Gasteiger partial charge on any atom is -0.494 e. The molecule has 148 valence electrons. The highest BCUT2D eigenvalue weighted by atomic mass is 16.6. The lowest BCUT2D eigenvalue weighted by Gasteiger charge is -2.15. The molecule has 7 heteroatoms. The van der Waals surface area contributed by atoms with E-state index in [9.17, 15) is 14.9 Å². The molecule has 0 aromatic heterocycles. The number of hydrogen-bond donors (Lipinski definition) is 1. The highest BCUT2D eigenvalue weighted by Gasteiger charge is 2.12. The zero-order chi connectivity index (χ0) is 19.8. The number of nitro benzene ring substituents is 1. The molecule has 0 saturated carbocycles. The van der Waals surface area contributed by atoms with Gasteiger partial charge in [-0.3, -0.25) is 19.8 Å². The molecule has 0 bridgehead atoms. The van der Waals surface area contributed by atoms with Crippen molar-refractivity contribution in [2.75, 3.05) is 26.2 Å². The molecule has 1 N–H and O–H groups in total.